The molecule has 0 radical (unpaired) electrons. The molecule has 3 aromatic rings. The molecule has 3 aromatic carbocycles. The second-order valence-corrected chi connectivity index (χ2v) is 11.1. The maximum atomic E-state index is 13.0. The number of nitrogens with zero attached hydrogens (tertiary/aromatic N) is 4. The Hall–Kier alpha value is -4.48. The minimum absolute atomic E-state index is 0.0275. The molecule has 2 amide bonds. The summed E-state index contributed by atoms with van der Waals surface area (Å²) >= 11 is 11.7. The molecule has 0 saturated carbocycles. The van der Waals surface area contributed by atoms with Gasteiger partial charge in [0.1, 0.15) is 5.69 Å². The van der Waals surface area contributed by atoms with Gasteiger partial charge in [-0.3, -0.25) is 25.0 Å². The normalized spacial score (nSPS) is 15.0. The number of rotatable bonds is 7. The second-order valence-electron chi connectivity index (χ2n) is 10.3. The molecule has 0 aromatic heterocycles. The topological polar surface area (TPSA) is 111 Å². The number of carbonyl (C=O) groups is 2. The highest BCUT2D eigenvalue weighted by Gasteiger charge is 2.25. The Morgan fingerprint density at radius 1 is 0.884 bits per heavy atom. The molecule has 10 nitrogen and oxygen atoms in total. The van der Waals surface area contributed by atoms with Gasteiger partial charge in [0, 0.05) is 62.0 Å². The summed E-state index contributed by atoms with van der Waals surface area (Å²) in [6.45, 7) is 3.75. The van der Waals surface area contributed by atoms with Crippen LogP contribution in [0.4, 0.5) is 22.7 Å². The van der Waals surface area contributed by atoms with Crippen LogP contribution in [0.3, 0.4) is 0 Å². The van der Waals surface area contributed by atoms with Crippen LogP contribution in [0.2, 0.25) is 5.02 Å². The van der Waals surface area contributed by atoms with Crippen LogP contribution in [-0.4, -0.2) is 66.0 Å². The SMILES string of the molecule is O=C(NC(=S)Nc1cc(Cl)ccc1N1CCN(C(=O)/C=C/c2ccccc2)CC1)c1ccc(N2CCCC2)c([N+](=O)[O-])c1. The molecule has 222 valence electrons. The predicted octanol–water partition coefficient (Wildman–Crippen LogP) is 5.34. The number of nitro benzene ring substituents is 1. The van der Waals surface area contributed by atoms with Gasteiger partial charge in [-0.2, -0.15) is 0 Å². The Morgan fingerprint density at radius 2 is 1.56 bits per heavy atom. The van der Waals surface area contributed by atoms with Gasteiger partial charge in [-0.1, -0.05) is 41.9 Å². The van der Waals surface area contributed by atoms with Gasteiger partial charge in [0.25, 0.3) is 11.6 Å². The smallest absolute Gasteiger partial charge is 0.293 e. The third-order valence-electron chi connectivity index (χ3n) is 7.46. The lowest BCUT2D eigenvalue weighted by Crippen LogP contribution is -2.48. The Morgan fingerprint density at radius 3 is 2.26 bits per heavy atom. The molecule has 2 saturated heterocycles. The average Bonchev–Trinajstić information content (AvgIpc) is 3.55. The summed E-state index contributed by atoms with van der Waals surface area (Å²) in [4.78, 5) is 42.9. The summed E-state index contributed by atoms with van der Waals surface area (Å²) in [5, 5.41) is 17.9. The molecule has 0 aliphatic carbocycles. The molecule has 2 aliphatic heterocycles. The largest absolute Gasteiger partial charge is 0.366 e. The monoisotopic (exact) mass is 618 g/mol. The van der Waals surface area contributed by atoms with Gasteiger partial charge < -0.3 is 20.0 Å². The summed E-state index contributed by atoms with van der Waals surface area (Å²) in [6, 6.07) is 19.5. The van der Waals surface area contributed by atoms with Gasteiger partial charge in [0.2, 0.25) is 5.91 Å². The van der Waals surface area contributed by atoms with E-state index in [1.165, 1.54) is 6.07 Å². The number of nitro groups is 1. The molecule has 5 rings (SSSR count). The molecular weight excluding hydrogens is 588 g/mol. The Balaban J connectivity index is 1.21. The van der Waals surface area contributed by atoms with Crippen molar-refractivity contribution in [2.24, 2.45) is 0 Å². The Kier molecular flexibility index (Phi) is 9.53. The molecule has 2 fully saturated rings. The number of benzene rings is 3. The maximum absolute atomic E-state index is 13.0. The molecule has 0 atom stereocenters. The Bertz CT molecular complexity index is 1550. The lowest BCUT2D eigenvalue weighted by atomic mass is 10.1. The van der Waals surface area contributed by atoms with Gasteiger partial charge in [-0.05, 0) is 67.0 Å². The fourth-order valence-corrected chi connectivity index (χ4v) is 5.63. The van der Waals surface area contributed by atoms with Crippen LogP contribution in [0.5, 0.6) is 0 Å². The number of hydrogen-bond acceptors (Lipinski definition) is 7. The summed E-state index contributed by atoms with van der Waals surface area (Å²) in [5.41, 5.74) is 2.91. The first-order valence-corrected chi connectivity index (χ1v) is 14.8. The third kappa shape index (κ3) is 7.49. The van der Waals surface area contributed by atoms with Gasteiger partial charge in [-0.25, -0.2) is 0 Å². The molecule has 0 bridgehead atoms. The quantitative estimate of drug-likeness (QED) is 0.158. The van der Waals surface area contributed by atoms with E-state index in [1.807, 2.05) is 47.4 Å². The molecule has 0 spiro atoms. The van der Waals surface area contributed by atoms with Crippen molar-refractivity contribution in [1.82, 2.24) is 10.2 Å². The third-order valence-corrected chi connectivity index (χ3v) is 7.90. The zero-order valence-corrected chi connectivity index (χ0v) is 24.9. The van der Waals surface area contributed by atoms with Crippen LogP contribution in [0.15, 0.2) is 72.8 Å². The molecular formula is C31H31ClN6O4S. The van der Waals surface area contributed by atoms with Crippen LogP contribution in [-0.2, 0) is 4.79 Å². The number of carbonyl (C=O) groups excluding carboxylic acids is 2. The van der Waals surface area contributed by atoms with Crippen molar-refractivity contribution in [3.05, 3.63) is 99.1 Å². The summed E-state index contributed by atoms with van der Waals surface area (Å²) < 4.78 is 0. The number of nitrogens with one attached hydrogen (secondary N) is 2. The molecule has 2 aliphatic rings. The van der Waals surface area contributed by atoms with Crippen molar-refractivity contribution >= 4 is 69.6 Å². The van der Waals surface area contributed by atoms with E-state index in [2.05, 4.69) is 15.5 Å². The summed E-state index contributed by atoms with van der Waals surface area (Å²) in [5.74, 6) is -0.608. The highest BCUT2D eigenvalue weighted by atomic mass is 35.5. The minimum atomic E-state index is -0.562. The first-order chi connectivity index (χ1) is 20.8. The maximum Gasteiger partial charge on any atom is 0.293 e. The van der Waals surface area contributed by atoms with E-state index in [0.29, 0.717) is 42.6 Å². The van der Waals surface area contributed by atoms with E-state index in [4.69, 9.17) is 23.8 Å². The molecule has 2 N–H and O–H groups in total. The van der Waals surface area contributed by atoms with E-state index in [9.17, 15) is 19.7 Å². The molecule has 0 unspecified atom stereocenters. The molecule has 2 heterocycles. The number of piperazine rings is 1. The van der Waals surface area contributed by atoms with Gasteiger partial charge >= 0.3 is 0 Å². The standard InChI is InChI=1S/C31H31ClN6O4S/c32-24-10-12-26(36-16-18-37(19-17-36)29(39)13-8-22-6-2-1-3-7-22)25(21-24)33-31(43)34-30(40)23-9-11-27(28(20-23)38(41)42)35-14-4-5-15-35/h1-3,6-13,20-21H,4-5,14-19H2,(H2,33,34,40,43)/b13-8+. The number of thiocarbonyl (C=S) groups is 1. The van der Waals surface area contributed by atoms with Crippen molar-refractivity contribution in [3.63, 3.8) is 0 Å². The Labute approximate surface area is 260 Å². The van der Waals surface area contributed by atoms with E-state index < -0.39 is 10.8 Å². The van der Waals surface area contributed by atoms with Crippen LogP contribution in [0.25, 0.3) is 6.08 Å². The summed E-state index contributed by atoms with van der Waals surface area (Å²) in [7, 11) is 0. The van der Waals surface area contributed by atoms with Gasteiger partial charge in [0.05, 0.1) is 16.3 Å². The highest BCUT2D eigenvalue weighted by Crippen LogP contribution is 2.32. The predicted molar refractivity (Wildman–Crippen MR) is 174 cm³/mol. The van der Waals surface area contributed by atoms with E-state index in [1.54, 1.807) is 35.2 Å². The summed E-state index contributed by atoms with van der Waals surface area (Å²) in [6.07, 6.45) is 5.36. The van der Waals surface area contributed by atoms with Crippen LogP contribution < -0.4 is 20.4 Å². The average molecular weight is 619 g/mol. The minimum Gasteiger partial charge on any atom is -0.366 e. The van der Waals surface area contributed by atoms with Crippen LogP contribution in [0.1, 0.15) is 28.8 Å². The first-order valence-electron chi connectivity index (χ1n) is 14.0. The lowest BCUT2D eigenvalue weighted by molar-refractivity contribution is -0.384. The number of hydrogen-bond donors (Lipinski definition) is 2. The van der Waals surface area contributed by atoms with Crippen molar-refractivity contribution in [3.8, 4) is 0 Å². The lowest BCUT2D eigenvalue weighted by Gasteiger charge is -2.36. The van der Waals surface area contributed by atoms with Crippen LogP contribution >= 0.6 is 23.8 Å². The molecule has 43 heavy (non-hydrogen) atoms. The molecule has 12 heteroatoms. The van der Waals surface area contributed by atoms with Crippen molar-refractivity contribution in [2.75, 3.05) is 54.4 Å². The van der Waals surface area contributed by atoms with Crippen LogP contribution in [0, 0.1) is 10.1 Å². The van der Waals surface area contributed by atoms with Gasteiger partial charge in [-0.15, -0.1) is 0 Å². The van der Waals surface area contributed by atoms with Crippen molar-refractivity contribution < 1.29 is 14.5 Å². The number of halogens is 1. The zero-order valence-electron chi connectivity index (χ0n) is 23.4. The first kappa shape index (κ1) is 30.0. The van der Waals surface area contributed by atoms with Crippen molar-refractivity contribution in [1.29, 1.82) is 0 Å². The zero-order chi connectivity index (χ0) is 30.3. The fraction of sp³-hybridized carbons (Fsp3) is 0.258. The number of amides is 2. The van der Waals surface area contributed by atoms with Crippen molar-refractivity contribution in [2.45, 2.75) is 12.8 Å². The van der Waals surface area contributed by atoms with Gasteiger partial charge in [0.15, 0.2) is 5.11 Å². The fourth-order valence-electron chi connectivity index (χ4n) is 5.25. The highest BCUT2D eigenvalue weighted by molar-refractivity contribution is 7.80. The van der Waals surface area contributed by atoms with E-state index >= 15 is 0 Å². The second kappa shape index (κ2) is 13.7. The van der Waals surface area contributed by atoms with E-state index in [-0.39, 0.29) is 22.3 Å². The van der Waals surface area contributed by atoms with E-state index in [0.717, 1.165) is 37.2 Å². The number of anilines is 3.